The topological polar surface area (TPSA) is 132 Å². The van der Waals surface area contributed by atoms with Crippen molar-refractivity contribution >= 4 is 68.5 Å². The Morgan fingerprint density at radius 1 is 0.978 bits per heavy atom. The molecule has 1 N–H and O–H groups in total. The van der Waals surface area contributed by atoms with Gasteiger partial charge in [0, 0.05) is 26.1 Å². The van der Waals surface area contributed by atoms with Gasteiger partial charge in [-0.1, -0.05) is 27.3 Å². The molecule has 1 saturated heterocycles. The van der Waals surface area contributed by atoms with Gasteiger partial charge in [-0.3, -0.25) is 19.3 Å². The first-order valence-corrected chi connectivity index (χ1v) is 17.3. The molecule has 13 heteroatoms. The van der Waals surface area contributed by atoms with Crippen LogP contribution < -0.4 is 14.5 Å². The van der Waals surface area contributed by atoms with Gasteiger partial charge in [0.25, 0.3) is 0 Å². The van der Waals surface area contributed by atoms with Gasteiger partial charge < -0.3 is 19.2 Å². The molecule has 45 heavy (non-hydrogen) atoms. The maximum atomic E-state index is 14.1. The van der Waals surface area contributed by atoms with Crippen molar-refractivity contribution < 1.29 is 33.4 Å². The molecule has 2 aliphatic heterocycles. The van der Waals surface area contributed by atoms with E-state index in [0.29, 0.717) is 17.0 Å². The zero-order valence-corrected chi connectivity index (χ0v) is 27.5. The number of nitrogens with zero attached hydrogens (tertiary/aromatic N) is 1. The van der Waals surface area contributed by atoms with Crippen LogP contribution in [0.5, 0.6) is 5.75 Å². The number of H-pyrrole nitrogens is 1. The lowest BCUT2D eigenvalue weighted by molar-refractivity contribution is -0.145. The fraction of sp³-hybridized carbons (Fsp3) is 0.406. The van der Waals surface area contributed by atoms with Crippen molar-refractivity contribution in [3.05, 3.63) is 72.6 Å². The average molecular weight is 714 g/mol. The molecule has 1 aromatic heterocycles. The summed E-state index contributed by atoms with van der Waals surface area (Å²) in [5.41, 5.74) is 1.59. The molecule has 0 spiro atoms. The van der Waals surface area contributed by atoms with Crippen LogP contribution in [0.2, 0.25) is 0 Å². The van der Waals surface area contributed by atoms with E-state index in [0.717, 1.165) is 37.7 Å². The van der Waals surface area contributed by atoms with Crippen LogP contribution in [-0.2, 0) is 23.9 Å². The second-order valence-corrected chi connectivity index (χ2v) is 14.6. The predicted octanol–water partition coefficient (Wildman–Crippen LogP) is 5.00. The number of fused-ring (bicyclic) bond motifs is 9. The van der Waals surface area contributed by atoms with Crippen LogP contribution in [0.25, 0.3) is 0 Å². The molecule has 10 nitrogen and oxygen atoms in total. The fourth-order valence-electron chi connectivity index (χ4n) is 7.81. The SMILES string of the molecule is CCOC(=O)COc1ccc(Br)cc1[C@H]1c2sc(=O)[nH]c2SC2C3CC(C4C(=O)N(c5ccc(C(=O)OCC)cc5)C(=O)C34)C21. The Morgan fingerprint density at radius 3 is 2.40 bits per heavy atom. The van der Waals surface area contributed by atoms with Crippen LogP contribution in [0.3, 0.4) is 0 Å². The zero-order valence-electron chi connectivity index (χ0n) is 24.3. The van der Waals surface area contributed by atoms with E-state index in [1.54, 1.807) is 55.9 Å². The van der Waals surface area contributed by atoms with Gasteiger partial charge in [-0.25, -0.2) is 9.59 Å². The van der Waals surface area contributed by atoms with Gasteiger partial charge in [-0.05, 0) is 80.5 Å². The van der Waals surface area contributed by atoms with Crippen LogP contribution in [-0.4, -0.2) is 53.8 Å². The lowest BCUT2D eigenvalue weighted by atomic mass is 9.68. The third-order valence-corrected chi connectivity index (χ3v) is 12.4. The van der Waals surface area contributed by atoms with Crippen LogP contribution in [0, 0.1) is 29.6 Å². The molecule has 234 valence electrons. The summed E-state index contributed by atoms with van der Waals surface area (Å²) in [6.45, 7) is 3.68. The molecule has 3 heterocycles. The molecule has 2 amide bonds. The smallest absolute Gasteiger partial charge is 0.344 e. The molecular formula is C32H29BrN2O8S2. The van der Waals surface area contributed by atoms with E-state index < -0.39 is 23.8 Å². The van der Waals surface area contributed by atoms with Crippen LogP contribution in [0.15, 0.2) is 56.8 Å². The van der Waals surface area contributed by atoms with E-state index in [4.69, 9.17) is 14.2 Å². The quantitative estimate of drug-likeness (QED) is 0.253. The number of carbonyl (C=O) groups is 4. The van der Waals surface area contributed by atoms with Crippen molar-refractivity contribution in [3.63, 3.8) is 0 Å². The number of nitrogens with one attached hydrogen (secondary N) is 1. The lowest BCUT2D eigenvalue weighted by Crippen LogP contribution is -2.42. The molecule has 2 saturated carbocycles. The van der Waals surface area contributed by atoms with Crippen LogP contribution in [0.4, 0.5) is 5.69 Å². The number of benzene rings is 2. The van der Waals surface area contributed by atoms with E-state index >= 15 is 0 Å². The van der Waals surface area contributed by atoms with Gasteiger partial charge in [0.2, 0.25) is 11.8 Å². The average Bonchev–Trinajstić information content (AvgIpc) is 3.75. The van der Waals surface area contributed by atoms with Gasteiger partial charge in [0.15, 0.2) is 6.61 Å². The first kappa shape index (κ1) is 30.2. The molecule has 4 aliphatic rings. The van der Waals surface area contributed by atoms with Crippen molar-refractivity contribution in [2.45, 2.75) is 36.5 Å². The molecule has 0 radical (unpaired) electrons. The number of carbonyl (C=O) groups excluding carboxylic acids is 4. The van der Waals surface area contributed by atoms with Gasteiger partial charge in [0.05, 0.1) is 41.3 Å². The summed E-state index contributed by atoms with van der Waals surface area (Å²) in [6, 6.07) is 12.0. The minimum atomic E-state index is -0.496. The van der Waals surface area contributed by atoms with Crippen molar-refractivity contribution in [3.8, 4) is 5.75 Å². The molecule has 2 bridgehead atoms. The number of hydrogen-bond acceptors (Lipinski definition) is 10. The minimum absolute atomic E-state index is 0.0150. The second kappa shape index (κ2) is 11.7. The molecule has 6 unspecified atom stereocenters. The number of aromatic amines is 1. The van der Waals surface area contributed by atoms with E-state index in [-0.39, 0.29) is 65.4 Å². The highest BCUT2D eigenvalue weighted by atomic mass is 79.9. The van der Waals surface area contributed by atoms with Crippen molar-refractivity contribution in [1.82, 2.24) is 4.98 Å². The number of rotatable bonds is 8. The maximum absolute atomic E-state index is 14.1. The van der Waals surface area contributed by atoms with Crippen molar-refractivity contribution in [2.75, 3.05) is 24.7 Å². The van der Waals surface area contributed by atoms with Gasteiger partial charge in [0.1, 0.15) is 5.75 Å². The van der Waals surface area contributed by atoms with Crippen LogP contribution >= 0.6 is 39.0 Å². The highest BCUT2D eigenvalue weighted by Gasteiger charge is 2.69. The van der Waals surface area contributed by atoms with Gasteiger partial charge >= 0.3 is 16.8 Å². The summed E-state index contributed by atoms with van der Waals surface area (Å²) in [6.07, 6.45) is 0.730. The number of hydrogen-bond donors (Lipinski definition) is 1. The molecule has 7 rings (SSSR count). The van der Waals surface area contributed by atoms with Crippen molar-refractivity contribution in [2.24, 2.45) is 29.6 Å². The molecule has 7 atom stereocenters. The Balaban J connectivity index is 1.25. The summed E-state index contributed by atoms with van der Waals surface area (Å²) in [7, 11) is 0. The maximum Gasteiger partial charge on any atom is 0.344 e. The molecule has 2 aliphatic carbocycles. The number of thiazole rings is 1. The van der Waals surface area contributed by atoms with Crippen LogP contribution in [0.1, 0.15) is 47.0 Å². The first-order chi connectivity index (χ1) is 21.7. The minimum Gasteiger partial charge on any atom is -0.482 e. The third kappa shape index (κ3) is 4.94. The largest absolute Gasteiger partial charge is 0.482 e. The summed E-state index contributed by atoms with van der Waals surface area (Å²) >= 11 is 6.34. The number of esters is 2. The number of thioether (sulfide) groups is 1. The molecule has 3 aromatic rings. The lowest BCUT2D eigenvalue weighted by Gasteiger charge is -2.43. The third-order valence-electron chi connectivity index (χ3n) is 9.32. The van der Waals surface area contributed by atoms with Gasteiger partial charge in [-0.2, -0.15) is 0 Å². The molecular weight excluding hydrogens is 684 g/mol. The summed E-state index contributed by atoms with van der Waals surface area (Å²) in [5.74, 6) is -2.37. The van der Waals surface area contributed by atoms with Crippen molar-refractivity contribution in [1.29, 1.82) is 0 Å². The monoisotopic (exact) mass is 712 g/mol. The van der Waals surface area contributed by atoms with E-state index in [1.807, 2.05) is 12.1 Å². The number of aromatic nitrogens is 1. The summed E-state index contributed by atoms with van der Waals surface area (Å²) in [4.78, 5) is 70.1. The number of anilines is 1. The Bertz CT molecular complexity index is 1770. The number of halogens is 1. The summed E-state index contributed by atoms with van der Waals surface area (Å²) < 4.78 is 17.0. The van der Waals surface area contributed by atoms with E-state index in [9.17, 15) is 24.0 Å². The number of ether oxygens (including phenoxy) is 3. The predicted molar refractivity (Wildman–Crippen MR) is 170 cm³/mol. The Labute approximate surface area is 274 Å². The van der Waals surface area contributed by atoms with E-state index in [1.165, 1.54) is 4.90 Å². The molecule has 2 aromatic carbocycles. The first-order valence-electron chi connectivity index (χ1n) is 14.8. The zero-order chi connectivity index (χ0) is 31.6. The highest BCUT2D eigenvalue weighted by Crippen LogP contribution is 2.69. The highest BCUT2D eigenvalue weighted by molar-refractivity contribution is 9.10. The Kier molecular flexibility index (Phi) is 7.89. The Morgan fingerprint density at radius 2 is 1.69 bits per heavy atom. The fourth-order valence-corrected chi connectivity index (χ4v) is 11.1. The Hall–Kier alpha value is -3.42. The normalized spacial score (nSPS) is 27.6. The van der Waals surface area contributed by atoms with Gasteiger partial charge in [-0.15, -0.1) is 11.8 Å². The standard InChI is InChI=1S/C32H29BrN2O8S2/c1-3-41-21(36)13-43-20-10-7-15(33)11-17(20)22-23-18-12-19(26(23)44-28-27(22)45-32(40)34-28)25-24(18)29(37)35(30(25)38)16-8-5-14(6-9-16)31(39)42-4-2/h5-11,18-19,22-26H,3-4,12-13H2,1-2H3,(H,34,40)/t18?,19?,22-,23?,24?,25?,26?/m1/s1. The number of amides is 2. The number of imide groups is 1. The summed E-state index contributed by atoms with van der Waals surface area (Å²) in [5, 5.41) is 0.763. The molecule has 3 fully saturated rings. The second-order valence-electron chi connectivity index (χ2n) is 11.5. The van der Waals surface area contributed by atoms with E-state index in [2.05, 4.69) is 20.9 Å².